The van der Waals surface area contributed by atoms with Crippen LogP contribution in [0.15, 0.2) is 70.8 Å². The summed E-state index contributed by atoms with van der Waals surface area (Å²) in [6.07, 6.45) is 3.78. The predicted molar refractivity (Wildman–Crippen MR) is 137 cm³/mol. The van der Waals surface area contributed by atoms with E-state index in [9.17, 15) is 4.79 Å². The van der Waals surface area contributed by atoms with Gasteiger partial charge in [0.05, 0.1) is 12.9 Å². The van der Waals surface area contributed by atoms with Crippen molar-refractivity contribution < 1.29 is 9.53 Å². The van der Waals surface area contributed by atoms with Gasteiger partial charge in [-0.05, 0) is 54.8 Å². The maximum atomic E-state index is 12.4. The normalized spacial score (nSPS) is 13.6. The summed E-state index contributed by atoms with van der Waals surface area (Å²) in [5.74, 6) is 1.96. The number of piperazine rings is 1. The second-order valence-electron chi connectivity index (χ2n) is 7.44. The fraction of sp³-hybridized carbons (Fsp3) is 0.292. The number of anilines is 3. The van der Waals surface area contributed by atoms with Crippen LogP contribution in [0, 0.1) is 0 Å². The van der Waals surface area contributed by atoms with Gasteiger partial charge < -0.3 is 19.9 Å². The number of carbonyl (C=O) groups is 1. The van der Waals surface area contributed by atoms with Crippen molar-refractivity contribution in [3.8, 4) is 5.75 Å². The zero-order valence-corrected chi connectivity index (χ0v) is 20.4. The summed E-state index contributed by atoms with van der Waals surface area (Å²) < 4.78 is 5.25. The van der Waals surface area contributed by atoms with Crippen molar-refractivity contribution in [2.24, 2.45) is 0 Å². The summed E-state index contributed by atoms with van der Waals surface area (Å²) in [6, 6.07) is 17.9. The van der Waals surface area contributed by atoms with Crippen LogP contribution in [0.1, 0.15) is 0 Å². The number of nitrogens with one attached hydrogen (secondary N) is 1. The minimum absolute atomic E-state index is 0.0691. The summed E-state index contributed by atoms with van der Waals surface area (Å²) in [5, 5.41) is 3.55. The van der Waals surface area contributed by atoms with Crippen molar-refractivity contribution in [3.05, 3.63) is 60.8 Å². The van der Waals surface area contributed by atoms with E-state index in [1.165, 1.54) is 17.4 Å². The van der Waals surface area contributed by atoms with Gasteiger partial charge in [0.25, 0.3) is 0 Å². The zero-order chi connectivity index (χ0) is 23.0. The van der Waals surface area contributed by atoms with Crippen molar-refractivity contribution in [1.82, 2.24) is 9.97 Å². The molecule has 0 aliphatic carbocycles. The SMILES string of the molecule is COc1ccc(N2CCN(c3ccnc(SCC(=O)Nc4cccc(SC)c4)n3)CC2)cc1. The van der Waals surface area contributed by atoms with Crippen LogP contribution in [-0.4, -0.2) is 61.2 Å². The smallest absolute Gasteiger partial charge is 0.234 e. The van der Waals surface area contributed by atoms with Gasteiger partial charge in [-0.25, -0.2) is 9.97 Å². The Labute approximate surface area is 202 Å². The number of methoxy groups -OCH3 is 1. The standard InChI is InChI=1S/C24H27N5O2S2/c1-31-20-8-6-19(7-9-20)28-12-14-29(15-13-28)22-10-11-25-24(27-22)33-17-23(30)26-18-4-3-5-21(16-18)32-2/h3-11,16H,12-15,17H2,1-2H3,(H,26,30). The fourth-order valence-electron chi connectivity index (χ4n) is 3.59. The lowest BCUT2D eigenvalue weighted by Gasteiger charge is -2.36. The number of rotatable bonds is 8. The van der Waals surface area contributed by atoms with E-state index in [1.807, 2.05) is 48.7 Å². The van der Waals surface area contributed by atoms with Crippen LogP contribution in [-0.2, 0) is 4.79 Å². The first-order valence-electron chi connectivity index (χ1n) is 10.7. The van der Waals surface area contributed by atoms with Gasteiger partial charge in [0.1, 0.15) is 11.6 Å². The molecular formula is C24H27N5O2S2. The van der Waals surface area contributed by atoms with Crippen LogP contribution in [0.2, 0.25) is 0 Å². The van der Waals surface area contributed by atoms with Crippen molar-refractivity contribution in [2.45, 2.75) is 10.1 Å². The monoisotopic (exact) mass is 481 g/mol. The van der Waals surface area contributed by atoms with Crippen LogP contribution >= 0.6 is 23.5 Å². The molecule has 0 spiro atoms. The molecule has 9 heteroatoms. The Morgan fingerprint density at radius 2 is 1.82 bits per heavy atom. The van der Waals surface area contributed by atoms with E-state index in [0.29, 0.717) is 5.16 Å². The average Bonchev–Trinajstić information content (AvgIpc) is 2.88. The van der Waals surface area contributed by atoms with E-state index in [2.05, 4.69) is 37.2 Å². The molecule has 7 nitrogen and oxygen atoms in total. The van der Waals surface area contributed by atoms with Gasteiger partial charge in [-0.2, -0.15) is 0 Å². The number of ether oxygens (including phenoxy) is 1. The highest BCUT2D eigenvalue weighted by Gasteiger charge is 2.19. The summed E-state index contributed by atoms with van der Waals surface area (Å²) in [4.78, 5) is 27.1. The predicted octanol–water partition coefficient (Wildman–Crippen LogP) is 4.26. The Hall–Kier alpha value is -2.91. The van der Waals surface area contributed by atoms with Crippen LogP contribution in [0.5, 0.6) is 5.75 Å². The molecule has 0 radical (unpaired) electrons. The summed E-state index contributed by atoms with van der Waals surface area (Å²) in [7, 11) is 1.68. The van der Waals surface area contributed by atoms with Crippen LogP contribution < -0.4 is 19.9 Å². The Kier molecular flexibility index (Phi) is 7.96. The third-order valence-electron chi connectivity index (χ3n) is 5.35. The molecule has 2 heterocycles. The Bertz CT molecular complexity index is 1070. The molecule has 1 aromatic heterocycles. The Morgan fingerprint density at radius 3 is 2.55 bits per heavy atom. The van der Waals surface area contributed by atoms with Crippen LogP contribution in [0.3, 0.4) is 0 Å². The Balaban J connectivity index is 1.29. The van der Waals surface area contributed by atoms with Gasteiger partial charge >= 0.3 is 0 Å². The largest absolute Gasteiger partial charge is 0.497 e. The highest BCUT2D eigenvalue weighted by molar-refractivity contribution is 7.99. The lowest BCUT2D eigenvalue weighted by atomic mass is 10.2. The average molecular weight is 482 g/mol. The molecule has 33 heavy (non-hydrogen) atoms. The minimum atomic E-state index is -0.0691. The van der Waals surface area contributed by atoms with Crippen molar-refractivity contribution in [3.63, 3.8) is 0 Å². The number of amides is 1. The number of thioether (sulfide) groups is 2. The molecule has 1 N–H and O–H groups in total. The number of carbonyl (C=O) groups excluding carboxylic acids is 1. The maximum Gasteiger partial charge on any atom is 0.234 e. The second-order valence-corrected chi connectivity index (χ2v) is 9.26. The molecule has 0 unspecified atom stereocenters. The molecule has 0 bridgehead atoms. The van der Waals surface area contributed by atoms with Gasteiger partial charge in [-0.3, -0.25) is 4.79 Å². The van der Waals surface area contributed by atoms with E-state index in [1.54, 1.807) is 25.1 Å². The molecule has 1 fully saturated rings. The highest BCUT2D eigenvalue weighted by Crippen LogP contribution is 2.24. The van der Waals surface area contributed by atoms with Crippen molar-refractivity contribution in [1.29, 1.82) is 0 Å². The number of hydrogen-bond donors (Lipinski definition) is 1. The van der Waals surface area contributed by atoms with E-state index in [-0.39, 0.29) is 11.7 Å². The second kappa shape index (κ2) is 11.3. The van der Waals surface area contributed by atoms with E-state index < -0.39 is 0 Å². The molecular weight excluding hydrogens is 454 g/mol. The topological polar surface area (TPSA) is 70.6 Å². The summed E-state index contributed by atoms with van der Waals surface area (Å²) >= 11 is 2.99. The van der Waals surface area contributed by atoms with E-state index in [4.69, 9.17) is 4.74 Å². The maximum absolute atomic E-state index is 12.4. The summed E-state index contributed by atoms with van der Waals surface area (Å²) in [6.45, 7) is 3.57. The van der Waals surface area contributed by atoms with Crippen molar-refractivity contribution >= 4 is 46.6 Å². The third-order valence-corrected chi connectivity index (χ3v) is 6.93. The van der Waals surface area contributed by atoms with Gasteiger partial charge in [0.2, 0.25) is 5.91 Å². The molecule has 0 atom stereocenters. The van der Waals surface area contributed by atoms with Crippen molar-refractivity contribution in [2.75, 3.05) is 60.4 Å². The molecule has 3 aromatic rings. The van der Waals surface area contributed by atoms with E-state index >= 15 is 0 Å². The van der Waals surface area contributed by atoms with Crippen LogP contribution in [0.25, 0.3) is 0 Å². The lowest BCUT2D eigenvalue weighted by Crippen LogP contribution is -2.46. The van der Waals surface area contributed by atoms with E-state index in [0.717, 1.165) is 48.3 Å². The molecule has 0 saturated carbocycles. The summed E-state index contributed by atoms with van der Waals surface area (Å²) in [5.41, 5.74) is 2.00. The molecule has 4 rings (SSSR count). The first-order chi connectivity index (χ1) is 16.1. The van der Waals surface area contributed by atoms with Gasteiger partial charge in [0, 0.05) is 48.6 Å². The van der Waals surface area contributed by atoms with Gasteiger partial charge in [-0.15, -0.1) is 11.8 Å². The fourth-order valence-corrected chi connectivity index (χ4v) is 4.68. The molecule has 1 saturated heterocycles. The number of aromatic nitrogens is 2. The quantitative estimate of drug-likeness (QED) is 0.378. The number of hydrogen-bond acceptors (Lipinski definition) is 8. The third kappa shape index (κ3) is 6.33. The molecule has 1 aliphatic heterocycles. The van der Waals surface area contributed by atoms with Crippen LogP contribution in [0.4, 0.5) is 17.2 Å². The minimum Gasteiger partial charge on any atom is -0.497 e. The molecule has 1 aliphatic rings. The van der Waals surface area contributed by atoms with Gasteiger partial charge in [-0.1, -0.05) is 17.8 Å². The first-order valence-corrected chi connectivity index (χ1v) is 12.9. The van der Waals surface area contributed by atoms with Gasteiger partial charge in [0.15, 0.2) is 5.16 Å². The lowest BCUT2D eigenvalue weighted by molar-refractivity contribution is -0.113. The Morgan fingerprint density at radius 1 is 1.06 bits per heavy atom. The molecule has 1 amide bonds. The number of nitrogens with zero attached hydrogens (tertiary/aromatic N) is 4. The zero-order valence-electron chi connectivity index (χ0n) is 18.7. The highest BCUT2D eigenvalue weighted by atomic mass is 32.2. The molecule has 172 valence electrons. The molecule has 2 aromatic carbocycles. The first kappa shape index (κ1) is 23.3. The number of benzene rings is 2.